The molecule has 2 heteroatoms. The predicted octanol–water partition coefficient (Wildman–Crippen LogP) is 18.2. The molecule has 0 rings (SSSR count). The van der Waals surface area contributed by atoms with Crippen LogP contribution in [0.25, 0.3) is 0 Å². The average molecular weight is 733 g/mol. The maximum atomic E-state index is 8.57. The fraction of sp³-hybridized carbons (Fsp3) is 0.960. The Bertz CT molecular complexity index is 563. The van der Waals surface area contributed by atoms with Crippen LogP contribution in [0.2, 0.25) is 0 Å². The summed E-state index contributed by atoms with van der Waals surface area (Å²) in [6.45, 7) is 9.30. The average Bonchev–Trinajstić information content (AvgIpc) is 3.15. The van der Waals surface area contributed by atoms with E-state index in [1.165, 1.54) is 288 Å². The molecule has 0 aromatic heterocycles. The summed E-state index contributed by atoms with van der Waals surface area (Å²) in [5.74, 6) is 1.25. The number of hydrogen-bond acceptors (Lipinski definition) is 2. The summed E-state index contributed by atoms with van der Waals surface area (Å²) < 4.78 is 5.92. The second-order valence-corrected chi connectivity index (χ2v) is 16.6. The van der Waals surface area contributed by atoms with E-state index in [0.717, 1.165) is 13.2 Å². The van der Waals surface area contributed by atoms with Gasteiger partial charge in [-0.15, -0.1) is 0 Å². The zero-order valence-corrected chi connectivity index (χ0v) is 36.6. The third-order valence-electron chi connectivity index (χ3n) is 11.3. The van der Waals surface area contributed by atoms with E-state index in [9.17, 15) is 0 Å². The summed E-state index contributed by atoms with van der Waals surface area (Å²) in [6, 6.07) is 0. The topological polar surface area (TPSA) is 26.3 Å². The van der Waals surface area contributed by atoms with Crippen molar-refractivity contribution >= 4 is 5.94 Å². The highest BCUT2D eigenvalue weighted by atomic mass is 16.5. The van der Waals surface area contributed by atoms with Crippen LogP contribution < -0.4 is 0 Å². The zero-order chi connectivity index (χ0) is 37.9. The highest BCUT2D eigenvalue weighted by molar-refractivity contribution is 5.38. The molecule has 0 aromatic rings. The Balaban J connectivity index is 0. The predicted molar refractivity (Wildman–Crippen MR) is 237 cm³/mol. The van der Waals surface area contributed by atoms with Gasteiger partial charge in [-0.1, -0.05) is 284 Å². The summed E-state index contributed by atoms with van der Waals surface area (Å²) in [4.78, 5) is 8.57. The normalized spacial score (nSPS) is 11.1. The largest absolute Gasteiger partial charge is 0.381 e. The number of ether oxygens (including phenoxy) is 1. The van der Waals surface area contributed by atoms with E-state index < -0.39 is 0 Å². The Morgan fingerprint density at radius 2 is 0.385 bits per heavy atom. The molecule has 0 spiro atoms. The second kappa shape index (κ2) is 54.8. The zero-order valence-electron chi connectivity index (χ0n) is 36.6. The Hall–Kier alpha value is -0.590. The van der Waals surface area contributed by atoms with E-state index in [1.54, 1.807) is 0 Å². The van der Waals surface area contributed by atoms with Crippen molar-refractivity contribution in [3.8, 4) is 0 Å². The van der Waals surface area contributed by atoms with E-state index in [-0.39, 0.29) is 0 Å². The molecule has 0 fully saturated rings. The van der Waals surface area contributed by atoms with Gasteiger partial charge in [0.1, 0.15) is 5.94 Å². The molecule has 0 atom stereocenters. The van der Waals surface area contributed by atoms with Crippen LogP contribution in [0.3, 0.4) is 0 Å². The van der Waals surface area contributed by atoms with Gasteiger partial charge in [-0.2, -0.15) is 0 Å². The van der Waals surface area contributed by atoms with Crippen molar-refractivity contribution in [2.45, 2.75) is 296 Å². The highest BCUT2D eigenvalue weighted by Crippen LogP contribution is 2.17. The first-order valence-electron chi connectivity index (χ1n) is 24.5. The number of unbranched alkanes of at least 4 members (excludes halogenated alkanes) is 42. The first-order valence-corrected chi connectivity index (χ1v) is 24.5. The van der Waals surface area contributed by atoms with Crippen molar-refractivity contribution in [1.29, 1.82) is 0 Å². The fourth-order valence-corrected chi connectivity index (χ4v) is 7.73. The van der Waals surface area contributed by atoms with Gasteiger partial charge in [0.15, 0.2) is 0 Å². The third-order valence-corrected chi connectivity index (χ3v) is 11.3. The Kier molecular flexibility index (Phi) is 56.3. The molecule has 0 unspecified atom stereocenters. The Labute approximate surface area is 330 Å². The summed E-state index contributed by atoms with van der Waals surface area (Å²) >= 11 is 0. The molecule has 0 amide bonds. The molecular weight excluding hydrogens is 633 g/mol. The Morgan fingerprint density at radius 3 is 0.519 bits per heavy atom. The first-order chi connectivity index (χ1) is 25.8. The highest BCUT2D eigenvalue weighted by Gasteiger charge is 1.98. The summed E-state index contributed by atoms with van der Waals surface area (Å²) in [5.41, 5.74) is 0. The van der Waals surface area contributed by atoms with Crippen molar-refractivity contribution in [1.82, 2.24) is 0 Å². The molecular formula is C50H100O2. The molecule has 0 saturated heterocycles. The van der Waals surface area contributed by atoms with Gasteiger partial charge in [0.05, 0.1) is 0 Å². The molecule has 0 aromatic carbocycles. The van der Waals surface area contributed by atoms with Gasteiger partial charge in [0.25, 0.3) is 0 Å². The van der Waals surface area contributed by atoms with Crippen LogP contribution >= 0.6 is 0 Å². The molecule has 0 N–H and O–H groups in total. The van der Waals surface area contributed by atoms with Gasteiger partial charge < -0.3 is 4.74 Å². The maximum absolute atomic E-state index is 8.57. The summed E-state index contributed by atoms with van der Waals surface area (Å²) in [6.07, 6.45) is 64.0. The molecule has 0 saturated carbocycles. The van der Waals surface area contributed by atoms with Crippen molar-refractivity contribution in [3.05, 3.63) is 6.58 Å². The van der Waals surface area contributed by atoms with Crippen LogP contribution in [0, 0.1) is 0 Å². The summed E-state index contributed by atoms with van der Waals surface area (Å²) in [5, 5.41) is 0. The SMILES string of the molecule is C=C=O.CCCCCCCCCCCCCCCCCCCCCCCCOCCCCCCCCCCCCCCCCCCCCCCCC. The van der Waals surface area contributed by atoms with Crippen LogP contribution in [0.15, 0.2) is 6.58 Å². The standard InChI is InChI=1S/C48H98O.C2H2O/c1-3-5-7-9-11-13-15-17-19-21-23-25-27-29-31-33-35-37-39-41-43-45-47-49-48-46-44-42-40-38-36-34-32-30-28-26-24-22-20-18-16-14-12-10-8-6-4-2;1-2-3/h3-48H2,1-2H3;1H2. The number of rotatable bonds is 46. The molecule has 52 heavy (non-hydrogen) atoms. The molecule has 0 bridgehead atoms. The van der Waals surface area contributed by atoms with E-state index in [2.05, 4.69) is 20.4 Å². The van der Waals surface area contributed by atoms with E-state index >= 15 is 0 Å². The van der Waals surface area contributed by atoms with Crippen LogP contribution in [0.4, 0.5) is 0 Å². The third kappa shape index (κ3) is 56.2. The van der Waals surface area contributed by atoms with Gasteiger partial charge in [-0.25, -0.2) is 4.79 Å². The van der Waals surface area contributed by atoms with Crippen molar-refractivity contribution in [3.63, 3.8) is 0 Å². The van der Waals surface area contributed by atoms with Crippen LogP contribution in [-0.2, 0) is 9.53 Å². The number of carbonyl (C=O) groups excluding carboxylic acids is 1. The molecule has 312 valence electrons. The van der Waals surface area contributed by atoms with Crippen molar-refractivity contribution in [2.24, 2.45) is 0 Å². The van der Waals surface area contributed by atoms with Gasteiger partial charge in [-0.05, 0) is 19.4 Å². The van der Waals surface area contributed by atoms with Crippen LogP contribution in [0.5, 0.6) is 0 Å². The van der Waals surface area contributed by atoms with Crippen LogP contribution in [0.1, 0.15) is 296 Å². The first kappa shape index (κ1) is 53.5. The molecule has 0 heterocycles. The minimum atomic E-state index is 0.998. The molecule has 0 aliphatic carbocycles. The van der Waals surface area contributed by atoms with Gasteiger partial charge in [0.2, 0.25) is 0 Å². The minimum absolute atomic E-state index is 0.998. The second-order valence-electron chi connectivity index (χ2n) is 16.6. The van der Waals surface area contributed by atoms with E-state index in [0.29, 0.717) is 0 Å². The smallest absolute Gasteiger partial charge is 0.116 e. The quantitative estimate of drug-likeness (QED) is 0.0460. The van der Waals surface area contributed by atoms with Crippen molar-refractivity contribution in [2.75, 3.05) is 13.2 Å². The summed E-state index contributed by atoms with van der Waals surface area (Å²) in [7, 11) is 0. The molecule has 2 nitrogen and oxygen atoms in total. The maximum Gasteiger partial charge on any atom is 0.116 e. The fourth-order valence-electron chi connectivity index (χ4n) is 7.73. The van der Waals surface area contributed by atoms with Gasteiger partial charge >= 0.3 is 0 Å². The minimum Gasteiger partial charge on any atom is -0.381 e. The lowest BCUT2D eigenvalue weighted by molar-refractivity contribution is 0.125. The number of hydrogen-bond donors (Lipinski definition) is 0. The van der Waals surface area contributed by atoms with E-state index in [1.807, 2.05) is 0 Å². The molecule has 0 aliphatic rings. The van der Waals surface area contributed by atoms with E-state index in [4.69, 9.17) is 9.53 Å². The lowest BCUT2D eigenvalue weighted by atomic mass is 10.0. The van der Waals surface area contributed by atoms with Gasteiger partial charge in [0, 0.05) is 13.2 Å². The molecule has 0 radical (unpaired) electrons. The van der Waals surface area contributed by atoms with Crippen LogP contribution in [-0.4, -0.2) is 19.2 Å². The van der Waals surface area contributed by atoms with Crippen molar-refractivity contribution < 1.29 is 9.53 Å². The molecule has 0 aliphatic heterocycles. The Morgan fingerprint density at radius 1 is 0.269 bits per heavy atom. The van der Waals surface area contributed by atoms with Gasteiger partial charge in [-0.3, -0.25) is 0 Å². The monoisotopic (exact) mass is 733 g/mol. The lowest BCUT2D eigenvalue weighted by Crippen LogP contribution is -1.97. The lowest BCUT2D eigenvalue weighted by Gasteiger charge is -2.06.